The zero-order valence-corrected chi connectivity index (χ0v) is 12.7. The van der Waals surface area contributed by atoms with Gasteiger partial charge in [0, 0.05) is 18.2 Å². The Morgan fingerprint density at radius 1 is 1.42 bits per heavy atom. The van der Waals surface area contributed by atoms with E-state index in [0.29, 0.717) is 11.6 Å². The Labute approximate surface area is 118 Å². The van der Waals surface area contributed by atoms with Crippen LogP contribution >= 0.6 is 11.6 Å². The molecule has 0 aromatic heterocycles. The molecule has 1 unspecified atom stereocenters. The van der Waals surface area contributed by atoms with Crippen LogP contribution in [-0.2, 0) is 14.8 Å². The second-order valence-electron chi connectivity index (χ2n) is 4.00. The summed E-state index contributed by atoms with van der Waals surface area (Å²) in [5.74, 6) is 0.281. The number of rotatable bonds is 7. The Balaban J connectivity index is 3.08. The number of ether oxygens (including phenoxy) is 2. The third-order valence-corrected chi connectivity index (χ3v) is 4.11. The molecule has 19 heavy (non-hydrogen) atoms. The minimum atomic E-state index is -3.70. The normalized spacial score (nSPS) is 13.3. The quantitative estimate of drug-likeness (QED) is 0.837. The largest absolute Gasteiger partial charge is 0.492 e. The number of nitrogens with one attached hydrogen (secondary N) is 1. The molecule has 1 N–H and O–H groups in total. The summed E-state index contributed by atoms with van der Waals surface area (Å²) in [4.78, 5) is 0.0322. The Morgan fingerprint density at radius 2 is 2.11 bits per heavy atom. The predicted molar refractivity (Wildman–Crippen MR) is 74.3 cm³/mol. The fourth-order valence-corrected chi connectivity index (χ4v) is 3.21. The maximum Gasteiger partial charge on any atom is 0.244 e. The highest BCUT2D eigenvalue weighted by Gasteiger charge is 2.22. The summed E-state index contributed by atoms with van der Waals surface area (Å²) in [6, 6.07) is 4.16. The minimum absolute atomic E-state index is 0.0322. The highest BCUT2D eigenvalue weighted by Crippen LogP contribution is 2.27. The molecule has 0 amide bonds. The molecule has 1 atom stereocenters. The smallest absolute Gasteiger partial charge is 0.244 e. The molecule has 0 spiro atoms. The lowest BCUT2D eigenvalue weighted by molar-refractivity contribution is 0.180. The molecule has 5 nitrogen and oxygen atoms in total. The second kappa shape index (κ2) is 7.09. The molecule has 0 radical (unpaired) electrons. The molecule has 0 saturated heterocycles. The molecular formula is C12H18ClNO4S. The lowest BCUT2D eigenvalue weighted by atomic mass is 10.3. The molecule has 0 saturated carbocycles. The van der Waals surface area contributed by atoms with Gasteiger partial charge in [-0.2, -0.15) is 0 Å². The van der Waals surface area contributed by atoms with E-state index in [4.69, 9.17) is 21.1 Å². The fraction of sp³-hybridized carbons (Fsp3) is 0.500. The van der Waals surface area contributed by atoms with E-state index >= 15 is 0 Å². The molecule has 1 aromatic carbocycles. The van der Waals surface area contributed by atoms with Crippen LogP contribution in [0.2, 0.25) is 5.02 Å². The third kappa shape index (κ3) is 4.65. The van der Waals surface area contributed by atoms with Crippen LogP contribution < -0.4 is 9.46 Å². The Kier molecular flexibility index (Phi) is 6.06. The van der Waals surface area contributed by atoms with E-state index in [1.165, 1.54) is 13.2 Å². The average Bonchev–Trinajstić information content (AvgIpc) is 2.31. The van der Waals surface area contributed by atoms with Crippen LogP contribution in [0.25, 0.3) is 0 Å². The first-order valence-corrected chi connectivity index (χ1v) is 7.70. The van der Waals surface area contributed by atoms with Crippen molar-refractivity contribution < 1.29 is 17.9 Å². The summed E-state index contributed by atoms with van der Waals surface area (Å²) >= 11 is 5.85. The van der Waals surface area contributed by atoms with Crippen molar-refractivity contribution in [1.82, 2.24) is 4.72 Å². The second-order valence-corrected chi connectivity index (χ2v) is 6.12. The fourth-order valence-electron chi connectivity index (χ4n) is 1.58. The van der Waals surface area contributed by atoms with E-state index in [2.05, 4.69) is 4.72 Å². The van der Waals surface area contributed by atoms with E-state index in [1.807, 2.05) is 0 Å². The Hall–Kier alpha value is -0.820. The van der Waals surface area contributed by atoms with Gasteiger partial charge in [-0.3, -0.25) is 0 Å². The van der Waals surface area contributed by atoms with Gasteiger partial charge in [0.25, 0.3) is 0 Å². The maximum absolute atomic E-state index is 12.3. The molecule has 0 aliphatic rings. The van der Waals surface area contributed by atoms with Crippen molar-refractivity contribution in [3.63, 3.8) is 0 Å². The van der Waals surface area contributed by atoms with Crippen molar-refractivity contribution in [2.75, 3.05) is 20.3 Å². The molecule has 0 bridgehead atoms. The number of benzene rings is 1. The van der Waals surface area contributed by atoms with Crippen molar-refractivity contribution in [1.29, 1.82) is 0 Å². The molecule has 7 heteroatoms. The number of methoxy groups -OCH3 is 1. The predicted octanol–water partition coefficient (Wildman–Crippen LogP) is 2.05. The number of halogens is 1. The van der Waals surface area contributed by atoms with Crippen LogP contribution in [-0.4, -0.2) is 34.8 Å². The summed E-state index contributed by atoms with van der Waals surface area (Å²) in [6.45, 7) is 4.15. The Bertz CT molecular complexity index is 518. The topological polar surface area (TPSA) is 64.6 Å². The molecular weight excluding hydrogens is 290 g/mol. The van der Waals surface area contributed by atoms with E-state index in [-0.39, 0.29) is 23.3 Å². The molecule has 1 aromatic rings. The molecule has 0 aliphatic carbocycles. The van der Waals surface area contributed by atoms with E-state index < -0.39 is 10.0 Å². The average molecular weight is 308 g/mol. The SMILES string of the molecule is CCOc1ccc(Cl)cc1S(=O)(=O)NC(C)COC. The van der Waals surface area contributed by atoms with Crippen molar-refractivity contribution in [2.45, 2.75) is 24.8 Å². The van der Waals surface area contributed by atoms with Crippen molar-refractivity contribution in [3.05, 3.63) is 23.2 Å². The molecule has 0 heterocycles. The molecule has 108 valence electrons. The summed E-state index contributed by atoms with van der Waals surface area (Å²) in [7, 11) is -2.19. The first kappa shape index (κ1) is 16.2. The summed E-state index contributed by atoms with van der Waals surface area (Å²) in [5, 5.41) is 0.336. The first-order chi connectivity index (χ1) is 8.90. The molecule has 0 aliphatic heterocycles. The molecule has 1 rings (SSSR count). The van der Waals surface area contributed by atoms with Crippen LogP contribution in [0.1, 0.15) is 13.8 Å². The van der Waals surface area contributed by atoms with Crippen LogP contribution in [0.3, 0.4) is 0 Å². The van der Waals surface area contributed by atoms with Crippen molar-refractivity contribution in [3.8, 4) is 5.75 Å². The van der Waals surface area contributed by atoms with Crippen molar-refractivity contribution >= 4 is 21.6 Å². The van der Waals surface area contributed by atoms with Gasteiger partial charge >= 0.3 is 0 Å². The maximum atomic E-state index is 12.3. The van der Waals surface area contributed by atoms with E-state index in [9.17, 15) is 8.42 Å². The minimum Gasteiger partial charge on any atom is -0.492 e. The zero-order chi connectivity index (χ0) is 14.5. The Morgan fingerprint density at radius 3 is 2.68 bits per heavy atom. The van der Waals surface area contributed by atoms with Gasteiger partial charge in [0.15, 0.2) is 0 Å². The van der Waals surface area contributed by atoms with Gasteiger partial charge in [0.05, 0.1) is 13.2 Å². The van der Waals surface area contributed by atoms with Crippen LogP contribution in [0.5, 0.6) is 5.75 Å². The summed E-state index contributed by atoms with van der Waals surface area (Å²) in [6.07, 6.45) is 0. The van der Waals surface area contributed by atoms with Crippen LogP contribution in [0, 0.1) is 0 Å². The van der Waals surface area contributed by atoms with Gasteiger partial charge in [0.1, 0.15) is 10.6 Å². The summed E-state index contributed by atoms with van der Waals surface area (Å²) in [5.41, 5.74) is 0. The van der Waals surface area contributed by atoms with Gasteiger partial charge in [-0.15, -0.1) is 0 Å². The zero-order valence-electron chi connectivity index (χ0n) is 11.1. The summed E-state index contributed by atoms with van der Waals surface area (Å²) < 4.78 is 37.2. The van der Waals surface area contributed by atoms with Gasteiger partial charge in [-0.05, 0) is 32.0 Å². The van der Waals surface area contributed by atoms with E-state index in [1.54, 1.807) is 26.0 Å². The van der Waals surface area contributed by atoms with E-state index in [0.717, 1.165) is 0 Å². The monoisotopic (exact) mass is 307 g/mol. The number of sulfonamides is 1. The lowest BCUT2D eigenvalue weighted by Crippen LogP contribution is -2.35. The molecule has 0 fully saturated rings. The third-order valence-electron chi connectivity index (χ3n) is 2.27. The highest BCUT2D eigenvalue weighted by molar-refractivity contribution is 7.89. The number of hydrogen-bond donors (Lipinski definition) is 1. The van der Waals surface area contributed by atoms with Crippen LogP contribution in [0.4, 0.5) is 0 Å². The van der Waals surface area contributed by atoms with Gasteiger partial charge in [-0.1, -0.05) is 11.6 Å². The van der Waals surface area contributed by atoms with Gasteiger partial charge in [0.2, 0.25) is 10.0 Å². The standard InChI is InChI=1S/C12H18ClNO4S/c1-4-18-11-6-5-10(13)7-12(11)19(15,16)14-9(2)8-17-3/h5-7,9,14H,4,8H2,1-3H3. The number of hydrogen-bond acceptors (Lipinski definition) is 4. The van der Waals surface area contributed by atoms with Gasteiger partial charge < -0.3 is 9.47 Å². The van der Waals surface area contributed by atoms with Gasteiger partial charge in [-0.25, -0.2) is 13.1 Å². The lowest BCUT2D eigenvalue weighted by Gasteiger charge is -2.16. The highest BCUT2D eigenvalue weighted by atomic mass is 35.5. The first-order valence-electron chi connectivity index (χ1n) is 5.84. The van der Waals surface area contributed by atoms with Crippen molar-refractivity contribution in [2.24, 2.45) is 0 Å². The van der Waals surface area contributed by atoms with Crippen LogP contribution in [0.15, 0.2) is 23.1 Å².